The molecule has 0 aliphatic carbocycles. The zero-order chi connectivity index (χ0) is 12.6. The van der Waals surface area contributed by atoms with E-state index in [2.05, 4.69) is 0 Å². The lowest BCUT2D eigenvalue weighted by atomic mass is 10.1. The minimum Gasteiger partial charge on any atom is -0.326 e. The van der Waals surface area contributed by atoms with E-state index in [9.17, 15) is 8.42 Å². The minimum absolute atomic E-state index is 0.353. The van der Waals surface area contributed by atoms with Gasteiger partial charge >= 0.3 is 0 Å². The van der Waals surface area contributed by atoms with Gasteiger partial charge in [0, 0.05) is 18.5 Å². The van der Waals surface area contributed by atoms with Crippen LogP contribution in [0.25, 0.3) is 5.57 Å². The third-order valence-electron chi connectivity index (χ3n) is 2.72. The van der Waals surface area contributed by atoms with Crippen LogP contribution in [0.2, 0.25) is 0 Å². The number of sulfone groups is 1. The Morgan fingerprint density at radius 2 is 2.00 bits per heavy atom. The van der Waals surface area contributed by atoms with Crippen LogP contribution in [0.1, 0.15) is 11.1 Å². The Morgan fingerprint density at radius 1 is 1.29 bits per heavy atom. The first-order valence-corrected chi connectivity index (χ1v) is 6.92. The summed E-state index contributed by atoms with van der Waals surface area (Å²) in [6, 6.07) is 5.39. The van der Waals surface area contributed by atoms with E-state index in [0.717, 1.165) is 16.7 Å². The maximum absolute atomic E-state index is 12.0. The number of benzene rings is 1. The summed E-state index contributed by atoms with van der Waals surface area (Å²) < 4.78 is 24.0. The molecule has 1 aromatic carbocycles. The van der Waals surface area contributed by atoms with E-state index in [1.54, 1.807) is 6.07 Å². The Hall–Kier alpha value is -1.17. The van der Waals surface area contributed by atoms with Crippen LogP contribution in [-0.4, -0.2) is 34.0 Å². The van der Waals surface area contributed by atoms with Crippen molar-refractivity contribution in [1.29, 1.82) is 0 Å². The van der Waals surface area contributed by atoms with E-state index in [-0.39, 0.29) is 0 Å². The molecular formula is C12H16N2O2S. The van der Waals surface area contributed by atoms with E-state index < -0.39 is 9.84 Å². The Kier molecular flexibility index (Phi) is 3.07. The molecule has 0 fully saturated rings. The first kappa shape index (κ1) is 12.3. The topological polar surface area (TPSA) is 63.4 Å². The Bertz CT molecular complexity index is 574. The lowest BCUT2D eigenvalue weighted by molar-refractivity contribution is 0.463. The average Bonchev–Trinajstić information content (AvgIpc) is 2.49. The molecule has 0 saturated carbocycles. The van der Waals surface area contributed by atoms with Gasteiger partial charge in [0.2, 0.25) is 9.84 Å². The fraction of sp³-hybridized carbons (Fsp3) is 0.333. The summed E-state index contributed by atoms with van der Waals surface area (Å²) in [6.45, 7) is 0.972. The first-order valence-electron chi connectivity index (χ1n) is 5.38. The summed E-state index contributed by atoms with van der Waals surface area (Å²) in [5.74, 6) is 0. The normalized spacial score (nSPS) is 17.1. The molecule has 0 radical (unpaired) electrons. The second-order valence-corrected chi connectivity index (χ2v) is 6.23. The van der Waals surface area contributed by atoms with Crippen molar-refractivity contribution in [3.05, 3.63) is 34.7 Å². The molecule has 0 saturated heterocycles. The van der Waals surface area contributed by atoms with Crippen LogP contribution >= 0.6 is 0 Å². The molecule has 0 bridgehead atoms. The molecule has 1 aliphatic rings. The van der Waals surface area contributed by atoms with Gasteiger partial charge in [0.05, 0.1) is 4.90 Å². The minimum atomic E-state index is -3.28. The standard InChI is InChI=1S/C12H16N2O2S/c1-14(2)7-10-8-17(15,16)12-5-9(6-13)3-4-11(10)12/h3-5,8H,6-7,13H2,1-2H3. The molecule has 1 aromatic rings. The van der Waals surface area contributed by atoms with E-state index in [4.69, 9.17) is 5.73 Å². The van der Waals surface area contributed by atoms with Gasteiger partial charge in [0.15, 0.2) is 0 Å². The predicted octanol–water partition coefficient (Wildman–Crippen LogP) is 0.835. The van der Waals surface area contributed by atoms with Crippen molar-refractivity contribution in [1.82, 2.24) is 4.90 Å². The molecule has 0 amide bonds. The third kappa shape index (κ3) is 2.26. The molecule has 0 spiro atoms. The maximum atomic E-state index is 12.0. The highest BCUT2D eigenvalue weighted by Gasteiger charge is 2.26. The summed E-state index contributed by atoms with van der Waals surface area (Å²) in [5, 5.41) is 1.36. The van der Waals surface area contributed by atoms with Crippen molar-refractivity contribution < 1.29 is 8.42 Å². The molecule has 4 nitrogen and oxygen atoms in total. The summed E-state index contributed by atoms with van der Waals surface area (Å²) in [7, 11) is 0.556. The summed E-state index contributed by atoms with van der Waals surface area (Å²) in [5.41, 5.74) is 8.01. The fourth-order valence-electron chi connectivity index (χ4n) is 1.97. The lowest BCUT2D eigenvalue weighted by Crippen LogP contribution is -2.13. The zero-order valence-electron chi connectivity index (χ0n) is 9.97. The van der Waals surface area contributed by atoms with Gasteiger partial charge in [-0.1, -0.05) is 12.1 Å². The van der Waals surface area contributed by atoms with Crippen molar-refractivity contribution in [2.45, 2.75) is 11.4 Å². The molecule has 1 heterocycles. The number of hydrogen-bond acceptors (Lipinski definition) is 4. The molecule has 0 aromatic heterocycles. The van der Waals surface area contributed by atoms with Gasteiger partial charge in [0.1, 0.15) is 0 Å². The molecule has 17 heavy (non-hydrogen) atoms. The molecule has 2 rings (SSSR count). The highest BCUT2D eigenvalue weighted by Crippen LogP contribution is 2.34. The van der Waals surface area contributed by atoms with E-state index >= 15 is 0 Å². The summed E-state index contributed by atoms with van der Waals surface area (Å²) in [6.07, 6.45) is 0. The highest BCUT2D eigenvalue weighted by atomic mass is 32.2. The molecule has 5 heteroatoms. The van der Waals surface area contributed by atoms with Gasteiger partial charge in [-0.25, -0.2) is 8.42 Å². The van der Waals surface area contributed by atoms with E-state index in [0.29, 0.717) is 18.0 Å². The molecule has 92 valence electrons. The second-order valence-electron chi connectivity index (χ2n) is 4.46. The Morgan fingerprint density at radius 3 is 2.59 bits per heavy atom. The van der Waals surface area contributed by atoms with Crippen LogP contribution in [0.3, 0.4) is 0 Å². The molecule has 0 unspecified atom stereocenters. The van der Waals surface area contributed by atoms with Crippen LogP contribution in [0.5, 0.6) is 0 Å². The van der Waals surface area contributed by atoms with Crippen LogP contribution in [-0.2, 0) is 16.4 Å². The van der Waals surface area contributed by atoms with Crippen molar-refractivity contribution >= 4 is 15.4 Å². The van der Waals surface area contributed by atoms with Gasteiger partial charge in [-0.2, -0.15) is 0 Å². The van der Waals surface area contributed by atoms with Crippen LogP contribution < -0.4 is 5.73 Å². The van der Waals surface area contributed by atoms with Crippen LogP contribution in [0.15, 0.2) is 28.5 Å². The number of nitrogens with zero attached hydrogens (tertiary/aromatic N) is 1. The average molecular weight is 252 g/mol. The Labute approximate surface area is 102 Å². The molecule has 1 aliphatic heterocycles. The molecular weight excluding hydrogens is 236 g/mol. The first-order chi connectivity index (χ1) is 7.94. The lowest BCUT2D eigenvalue weighted by Gasteiger charge is -2.11. The monoisotopic (exact) mass is 252 g/mol. The number of rotatable bonds is 3. The van der Waals surface area contributed by atoms with E-state index in [1.165, 1.54) is 5.41 Å². The van der Waals surface area contributed by atoms with E-state index in [1.807, 2.05) is 31.1 Å². The number of likely N-dealkylation sites (N-methyl/N-ethyl adjacent to an activating group) is 1. The summed E-state index contributed by atoms with van der Waals surface area (Å²) in [4.78, 5) is 2.34. The van der Waals surface area contributed by atoms with Crippen molar-refractivity contribution in [2.75, 3.05) is 20.6 Å². The maximum Gasteiger partial charge on any atom is 0.200 e. The van der Waals surface area contributed by atoms with Gasteiger partial charge in [-0.3, -0.25) is 0 Å². The largest absolute Gasteiger partial charge is 0.326 e. The van der Waals surface area contributed by atoms with Crippen LogP contribution in [0.4, 0.5) is 0 Å². The van der Waals surface area contributed by atoms with Gasteiger partial charge in [-0.05, 0) is 36.9 Å². The molecule has 0 atom stereocenters. The number of fused-ring (bicyclic) bond motifs is 1. The fourth-order valence-corrected chi connectivity index (χ4v) is 3.50. The van der Waals surface area contributed by atoms with Gasteiger partial charge in [-0.15, -0.1) is 0 Å². The van der Waals surface area contributed by atoms with Crippen molar-refractivity contribution in [3.8, 4) is 0 Å². The van der Waals surface area contributed by atoms with Gasteiger partial charge in [0.25, 0.3) is 0 Å². The zero-order valence-corrected chi connectivity index (χ0v) is 10.8. The smallest absolute Gasteiger partial charge is 0.200 e. The quantitative estimate of drug-likeness (QED) is 0.865. The van der Waals surface area contributed by atoms with Gasteiger partial charge < -0.3 is 10.6 Å². The second kappa shape index (κ2) is 4.25. The number of nitrogens with two attached hydrogens (primary N) is 1. The SMILES string of the molecule is CN(C)CC1=CS(=O)(=O)c2cc(CN)ccc21. The molecule has 2 N–H and O–H groups in total. The number of hydrogen-bond donors (Lipinski definition) is 1. The van der Waals surface area contributed by atoms with Crippen molar-refractivity contribution in [3.63, 3.8) is 0 Å². The predicted molar refractivity (Wildman–Crippen MR) is 68.1 cm³/mol. The summed E-state index contributed by atoms with van der Waals surface area (Å²) >= 11 is 0. The highest BCUT2D eigenvalue weighted by molar-refractivity contribution is 7.95. The Balaban J connectivity index is 2.53. The van der Waals surface area contributed by atoms with Crippen molar-refractivity contribution in [2.24, 2.45) is 5.73 Å². The van der Waals surface area contributed by atoms with Crippen LogP contribution in [0, 0.1) is 0 Å². The third-order valence-corrected chi connectivity index (χ3v) is 4.26.